The van der Waals surface area contributed by atoms with E-state index in [2.05, 4.69) is 10.3 Å². The predicted octanol–water partition coefficient (Wildman–Crippen LogP) is 3.39. The summed E-state index contributed by atoms with van der Waals surface area (Å²) in [5.74, 6) is -1.41. The van der Waals surface area contributed by atoms with Gasteiger partial charge in [-0.2, -0.15) is 0 Å². The number of esters is 1. The number of benzene rings is 2. The Balaban J connectivity index is 1.72. The van der Waals surface area contributed by atoms with Crippen molar-refractivity contribution < 1.29 is 28.2 Å². The van der Waals surface area contributed by atoms with E-state index in [-0.39, 0.29) is 48.2 Å². The summed E-state index contributed by atoms with van der Waals surface area (Å²) in [6, 6.07) is 15.2. The molecule has 39 heavy (non-hydrogen) atoms. The topological polar surface area (TPSA) is 109 Å². The van der Waals surface area contributed by atoms with Crippen LogP contribution in [0.3, 0.4) is 0 Å². The van der Waals surface area contributed by atoms with Crippen molar-refractivity contribution in [2.75, 3.05) is 13.7 Å². The van der Waals surface area contributed by atoms with E-state index < -0.39 is 23.5 Å². The van der Waals surface area contributed by atoms with Gasteiger partial charge in [0, 0.05) is 25.2 Å². The first-order chi connectivity index (χ1) is 18.9. The Labute approximate surface area is 223 Å². The van der Waals surface area contributed by atoms with Crippen LogP contribution in [0.15, 0.2) is 65.6 Å². The number of hydrogen-bond donors (Lipinski definition) is 1. The molecule has 1 N–H and O–H groups in total. The van der Waals surface area contributed by atoms with Gasteiger partial charge in [0.15, 0.2) is 23.2 Å². The Hall–Kier alpha value is -4.73. The summed E-state index contributed by atoms with van der Waals surface area (Å²) in [5.41, 5.74) is 1.72. The van der Waals surface area contributed by atoms with E-state index in [0.29, 0.717) is 17.5 Å². The highest BCUT2D eigenvalue weighted by Crippen LogP contribution is 2.38. The van der Waals surface area contributed by atoms with Gasteiger partial charge in [-0.15, -0.1) is 0 Å². The minimum atomic E-state index is -1.04. The molecule has 10 heteroatoms. The molecule has 0 fully saturated rings. The van der Waals surface area contributed by atoms with E-state index >= 15 is 0 Å². The molecular formula is C29H26FN3O6. The van der Waals surface area contributed by atoms with Crippen LogP contribution in [-0.2, 0) is 29.1 Å². The zero-order valence-corrected chi connectivity index (χ0v) is 21.4. The fourth-order valence-electron chi connectivity index (χ4n) is 4.54. The average Bonchev–Trinajstić information content (AvgIpc) is 2.95. The maximum absolute atomic E-state index is 13.8. The quantitative estimate of drug-likeness (QED) is 0.347. The number of nitrogens with zero attached hydrogens (tertiary/aromatic N) is 2. The number of nitrogens with one attached hydrogen (secondary N) is 1. The van der Waals surface area contributed by atoms with Gasteiger partial charge in [-0.1, -0.05) is 42.5 Å². The Morgan fingerprint density at radius 1 is 1.13 bits per heavy atom. The third-order valence-electron chi connectivity index (χ3n) is 6.41. The largest absolute Gasteiger partial charge is 0.485 e. The summed E-state index contributed by atoms with van der Waals surface area (Å²) in [6.45, 7) is 1.61. The number of ether oxygens (including phenoxy) is 3. The van der Waals surface area contributed by atoms with Crippen LogP contribution in [0.2, 0.25) is 0 Å². The van der Waals surface area contributed by atoms with Gasteiger partial charge < -0.3 is 19.5 Å². The van der Waals surface area contributed by atoms with Crippen molar-refractivity contribution in [3.63, 3.8) is 0 Å². The normalized spacial score (nSPS) is 14.0. The minimum Gasteiger partial charge on any atom is -0.485 e. The number of pyridine rings is 2. The van der Waals surface area contributed by atoms with Gasteiger partial charge in [0.2, 0.25) is 0 Å². The number of aromatic nitrogens is 2. The van der Waals surface area contributed by atoms with Gasteiger partial charge in [0.25, 0.3) is 11.5 Å². The zero-order valence-electron chi connectivity index (χ0n) is 21.4. The van der Waals surface area contributed by atoms with E-state index in [1.54, 1.807) is 25.3 Å². The van der Waals surface area contributed by atoms with Gasteiger partial charge in [-0.05, 0) is 30.2 Å². The number of hydrogen-bond acceptors (Lipinski definition) is 7. The predicted molar refractivity (Wildman–Crippen MR) is 140 cm³/mol. The van der Waals surface area contributed by atoms with E-state index in [0.717, 1.165) is 11.1 Å². The molecule has 1 amide bonds. The first-order valence-corrected chi connectivity index (χ1v) is 12.5. The van der Waals surface area contributed by atoms with Crippen molar-refractivity contribution in [2.45, 2.75) is 32.6 Å². The van der Waals surface area contributed by atoms with Gasteiger partial charge in [-0.3, -0.25) is 19.1 Å². The first kappa shape index (κ1) is 25.9. The molecule has 1 aliphatic rings. The SMILES string of the molecule is CCOC(=O)c1c(OCc2ccccc2)c2ncc(Cc3ccc(F)cc3)c3c2n(c1=O)CC(C(=O)NC)O3. The summed E-state index contributed by atoms with van der Waals surface area (Å²) in [4.78, 5) is 44.1. The zero-order chi connectivity index (χ0) is 27.5. The van der Waals surface area contributed by atoms with E-state index in [4.69, 9.17) is 14.2 Å². The summed E-state index contributed by atoms with van der Waals surface area (Å²) in [6.07, 6.45) is 0.809. The molecule has 200 valence electrons. The third kappa shape index (κ3) is 5.05. The number of rotatable bonds is 8. The van der Waals surface area contributed by atoms with Crippen LogP contribution in [-0.4, -0.2) is 41.2 Å². The van der Waals surface area contributed by atoms with Crippen LogP contribution >= 0.6 is 0 Å². The van der Waals surface area contributed by atoms with Gasteiger partial charge >= 0.3 is 5.97 Å². The smallest absolute Gasteiger partial charge is 0.347 e. The fraction of sp³-hybridized carbons (Fsp3) is 0.241. The molecule has 2 aromatic heterocycles. The van der Waals surface area contributed by atoms with E-state index in [1.165, 1.54) is 23.7 Å². The van der Waals surface area contributed by atoms with Crippen LogP contribution in [0.5, 0.6) is 11.5 Å². The Bertz CT molecular complexity index is 1600. The van der Waals surface area contributed by atoms with Gasteiger partial charge in [0.1, 0.15) is 23.5 Å². The Morgan fingerprint density at radius 2 is 1.87 bits per heavy atom. The molecule has 2 aromatic carbocycles. The number of carbonyl (C=O) groups is 2. The second kappa shape index (κ2) is 10.9. The molecule has 1 aliphatic heterocycles. The van der Waals surface area contributed by atoms with Gasteiger partial charge in [-0.25, -0.2) is 9.18 Å². The second-order valence-electron chi connectivity index (χ2n) is 8.95. The number of likely N-dealkylation sites (N-methyl/N-ethyl adjacent to an activating group) is 1. The highest BCUT2D eigenvalue weighted by Gasteiger charge is 2.35. The maximum atomic E-state index is 13.8. The summed E-state index contributed by atoms with van der Waals surface area (Å²) in [5, 5.41) is 2.55. The molecule has 4 aromatic rings. The lowest BCUT2D eigenvalue weighted by atomic mass is 10.0. The average molecular weight is 532 g/mol. The maximum Gasteiger partial charge on any atom is 0.347 e. The molecule has 5 rings (SSSR count). The van der Waals surface area contributed by atoms with Crippen LogP contribution in [0.25, 0.3) is 11.0 Å². The molecule has 0 bridgehead atoms. The van der Waals surface area contributed by atoms with Crippen molar-refractivity contribution in [2.24, 2.45) is 0 Å². The molecule has 0 saturated carbocycles. The molecule has 0 radical (unpaired) electrons. The van der Waals surface area contributed by atoms with Crippen LogP contribution < -0.4 is 20.3 Å². The number of carbonyl (C=O) groups excluding carboxylic acids is 2. The lowest BCUT2D eigenvalue weighted by Gasteiger charge is -2.29. The highest BCUT2D eigenvalue weighted by atomic mass is 19.1. The van der Waals surface area contributed by atoms with Gasteiger partial charge in [0.05, 0.1) is 13.2 Å². The highest BCUT2D eigenvalue weighted by molar-refractivity contribution is 6.00. The van der Waals surface area contributed by atoms with Crippen LogP contribution in [0, 0.1) is 5.82 Å². The second-order valence-corrected chi connectivity index (χ2v) is 8.95. The molecule has 0 saturated heterocycles. The van der Waals surface area contributed by atoms with Crippen molar-refractivity contribution in [3.05, 3.63) is 99.2 Å². The first-order valence-electron chi connectivity index (χ1n) is 12.5. The molecule has 9 nitrogen and oxygen atoms in total. The van der Waals surface area contributed by atoms with Crippen molar-refractivity contribution in [1.82, 2.24) is 14.9 Å². The lowest BCUT2D eigenvalue weighted by Crippen LogP contribution is -2.45. The third-order valence-corrected chi connectivity index (χ3v) is 6.41. The fourth-order valence-corrected chi connectivity index (χ4v) is 4.54. The lowest BCUT2D eigenvalue weighted by molar-refractivity contribution is -0.128. The summed E-state index contributed by atoms with van der Waals surface area (Å²) >= 11 is 0. The number of halogens is 1. The summed E-state index contributed by atoms with van der Waals surface area (Å²) in [7, 11) is 1.47. The van der Waals surface area contributed by atoms with Crippen LogP contribution in [0.1, 0.15) is 34.0 Å². The molecule has 3 heterocycles. The molecule has 1 unspecified atom stereocenters. The van der Waals surface area contributed by atoms with E-state index in [1.807, 2.05) is 30.3 Å². The monoisotopic (exact) mass is 531 g/mol. The summed E-state index contributed by atoms with van der Waals surface area (Å²) < 4.78 is 32.2. The standard InChI is InChI=1S/C29H26FN3O6/c1-3-37-29(36)22-26(38-16-18-7-5-4-6-8-18)23-24-25(39-21(27(34)31-2)15-33(24)28(22)35)19(14-32-23)13-17-9-11-20(30)12-10-17/h4-12,14,21H,3,13,15-16H2,1-2H3,(H,31,34). The minimum absolute atomic E-state index is 0.0230. The Morgan fingerprint density at radius 3 is 2.56 bits per heavy atom. The van der Waals surface area contributed by atoms with Crippen molar-refractivity contribution >= 4 is 22.9 Å². The molecule has 0 aliphatic carbocycles. The number of amides is 1. The van der Waals surface area contributed by atoms with Crippen molar-refractivity contribution in [3.8, 4) is 11.5 Å². The molecule has 1 atom stereocenters. The molecular weight excluding hydrogens is 505 g/mol. The Kier molecular flexibility index (Phi) is 7.27. The van der Waals surface area contributed by atoms with Crippen molar-refractivity contribution in [1.29, 1.82) is 0 Å². The molecule has 0 spiro atoms. The van der Waals surface area contributed by atoms with E-state index in [9.17, 15) is 18.8 Å². The van der Waals surface area contributed by atoms with Crippen LogP contribution in [0.4, 0.5) is 4.39 Å².